The first-order valence-electron chi connectivity index (χ1n) is 14.2. The van der Waals surface area contributed by atoms with Crippen molar-refractivity contribution in [1.29, 1.82) is 0 Å². The van der Waals surface area contributed by atoms with E-state index in [0.717, 1.165) is 69.0 Å². The van der Waals surface area contributed by atoms with Gasteiger partial charge in [0.25, 0.3) is 5.91 Å². The molecule has 0 N–H and O–H groups in total. The summed E-state index contributed by atoms with van der Waals surface area (Å²) in [5.41, 5.74) is 4.15. The number of likely N-dealkylation sites (tertiary alicyclic amines) is 1. The van der Waals surface area contributed by atoms with Crippen molar-refractivity contribution in [2.75, 3.05) is 44.7 Å². The number of nitrogens with zero attached hydrogens (tertiary/aromatic N) is 5. The predicted molar refractivity (Wildman–Crippen MR) is 164 cm³/mol. The number of likely N-dealkylation sites (N-methyl/N-ethyl adjacent to an activating group) is 1. The van der Waals surface area contributed by atoms with E-state index in [9.17, 15) is 4.79 Å². The summed E-state index contributed by atoms with van der Waals surface area (Å²) in [6.45, 7) is 5.77. The van der Waals surface area contributed by atoms with Gasteiger partial charge in [-0.15, -0.1) is 0 Å². The van der Waals surface area contributed by atoms with Crippen molar-refractivity contribution in [2.24, 2.45) is 0 Å². The van der Waals surface area contributed by atoms with Crippen LogP contribution >= 0.6 is 23.2 Å². The molecule has 1 saturated heterocycles. The highest BCUT2D eigenvalue weighted by Gasteiger charge is 2.32. The van der Waals surface area contributed by atoms with E-state index in [0.29, 0.717) is 28.2 Å². The molecule has 3 heterocycles. The zero-order valence-electron chi connectivity index (χ0n) is 22.8. The number of aromatic nitrogens is 2. The van der Waals surface area contributed by atoms with E-state index in [1.165, 1.54) is 5.52 Å². The average Bonchev–Trinajstić information content (AvgIpc) is 3.56. The molecule has 208 valence electrons. The molecule has 2 aliphatic rings. The zero-order valence-corrected chi connectivity index (χ0v) is 24.4. The van der Waals surface area contributed by atoms with Gasteiger partial charge in [0.2, 0.25) is 5.95 Å². The summed E-state index contributed by atoms with van der Waals surface area (Å²) in [5, 5.41) is 1.11. The second-order valence-electron chi connectivity index (χ2n) is 11.0. The highest BCUT2D eigenvalue weighted by Crippen LogP contribution is 2.33. The van der Waals surface area contributed by atoms with Crippen LogP contribution in [0.4, 0.5) is 5.95 Å². The van der Waals surface area contributed by atoms with Crippen LogP contribution in [-0.2, 0) is 6.54 Å². The van der Waals surface area contributed by atoms with Crippen LogP contribution in [-0.4, -0.2) is 71.1 Å². The Hall–Kier alpha value is -3.06. The molecule has 1 unspecified atom stereocenters. The van der Waals surface area contributed by atoms with Crippen molar-refractivity contribution in [3.63, 3.8) is 0 Å². The smallest absolute Gasteiger partial charge is 0.253 e. The quantitative estimate of drug-likeness (QED) is 0.238. The standard InChI is InChI=1S/C32H35Cl2N5O/c1-36(31(40)23-7-3-2-4-8-23)22-25(24-11-12-27(33)28(34)21-24)13-16-37-17-14-26(15-18-37)38-19-20-39-30-10-6-5-9-29(30)35-32(38)39/h2-12,21,25-26H,13-20,22H2,1H3. The van der Waals surface area contributed by atoms with Gasteiger partial charge < -0.3 is 19.3 Å². The number of halogens is 2. The maximum atomic E-state index is 13.1. The number of amides is 1. The van der Waals surface area contributed by atoms with E-state index in [-0.39, 0.29) is 11.8 Å². The average molecular weight is 577 g/mol. The summed E-state index contributed by atoms with van der Waals surface area (Å²) in [7, 11) is 1.88. The topological polar surface area (TPSA) is 44.6 Å². The fourth-order valence-corrected chi connectivity index (χ4v) is 6.60. The molecule has 1 aromatic heterocycles. The lowest BCUT2D eigenvalue weighted by molar-refractivity contribution is 0.0781. The fraction of sp³-hybridized carbons (Fsp3) is 0.375. The van der Waals surface area contributed by atoms with Crippen molar-refractivity contribution >= 4 is 46.1 Å². The summed E-state index contributed by atoms with van der Waals surface area (Å²) in [5.74, 6) is 1.32. The van der Waals surface area contributed by atoms with Gasteiger partial charge in [0.15, 0.2) is 0 Å². The van der Waals surface area contributed by atoms with Gasteiger partial charge >= 0.3 is 0 Å². The van der Waals surface area contributed by atoms with E-state index in [4.69, 9.17) is 28.2 Å². The lowest BCUT2D eigenvalue weighted by Gasteiger charge is -2.37. The number of carbonyl (C=O) groups is 1. The van der Waals surface area contributed by atoms with Crippen LogP contribution in [0.3, 0.4) is 0 Å². The van der Waals surface area contributed by atoms with Crippen LogP contribution in [0.15, 0.2) is 72.8 Å². The third-order valence-electron chi connectivity index (χ3n) is 8.52. The lowest BCUT2D eigenvalue weighted by Crippen LogP contribution is -2.45. The third kappa shape index (κ3) is 5.58. The predicted octanol–water partition coefficient (Wildman–Crippen LogP) is 6.57. The molecule has 0 radical (unpaired) electrons. The maximum absolute atomic E-state index is 13.1. The first-order valence-corrected chi connectivity index (χ1v) is 14.9. The number of fused-ring (bicyclic) bond motifs is 3. The number of carbonyl (C=O) groups excluding carboxylic acids is 1. The largest absolute Gasteiger partial charge is 0.341 e. The highest BCUT2D eigenvalue weighted by molar-refractivity contribution is 6.42. The van der Waals surface area contributed by atoms with Crippen molar-refractivity contribution in [1.82, 2.24) is 19.4 Å². The summed E-state index contributed by atoms with van der Waals surface area (Å²) in [6.07, 6.45) is 3.20. The minimum absolute atomic E-state index is 0.0307. The summed E-state index contributed by atoms with van der Waals surface area (Å²) in [4.78, 5) is 25.0. The van der Waals surface area contributed by atoms with Gasteiger partial charge in [-0.2, -0.15) is 0 Å². The van der Waals surface area contributed by atoms with E-state index in [1.54, 1.807) is 0 Å². The van der Waals surface area contributed by atoms with Crippen molar-refractivity contribution in [2.45, 2.75) is 37.8 Å². The Labute approximate surface area is 246 Å². The van der Waals surface area contributed by atoms with Gasteiger partial charge in [-0.25, -0.2) is 4.98 Å². The van der Waals surface area contributed by atoms with Crippen LogP contribution in [0, 0.1) is 0 Å². The molecule has 1 amide bonds. The molecule has 1 atom stereocenters. The van der Waals surface area contributed by atoms with E-state index in [1.807, 2.05) is 60.5 Å². The van der Waals surface area contributed by atoms with E-state index in [2.05, 4.69) is 38.6 Å². The van der Waals surface area contributed by atoms with Gasteiger partial charge in [0.05, 0.1) is 21.1 Å². The maximum Gasteiger partial charge on any atom is 0.253 e. The SMILES string of the molecule is CN(CC(CCN1CCC(N2CCn3c2nc2ccccc23)CC1)c1ccc(Cl)c(Cl)c1)C(=O)c1ccccc1. The molecule has 8 heteroatoms. The normalized spacial score (nSPS) is 16.8. The van der Waals surface area contributed by atoms with Crippen LogP contribution in [0.25, 0.3) is 11.0 Å². The molecular formula is C32H35Cl2N5O. The lowest BCUT2D eigenvalue weighted by atomic mass is 9.94. The first-order chi connectivity index (χ1) is 19.5. The fourth-order valence-electron chi connectivity index (χ4n) is 6.29. The summed E-state index contributed by atoms with van der Waals surface area (Å²) in [6, 6.07) is 24.3. The van der Waals surface area contributed by atoms with Crippen molar-refractivity contribution < 1.29 is 4.79 Å². The van der Waals surface area contributed by atoms with Crippen LogP contribution < -0.4 is 4.90 Å². The van der Waals surface area contributed by atoms with Crippen LogP contribution in [0.5, 0.6) is 0 Å². The molecule has 4 aromatic rings. The van der Waals surface area contributed by atoms with Gasteiger partial charge in [-0.3, -0.25) is 4.79 Å². The number of para-hydroxylation sites is 2. The Morgan fingerprint density at radius 1 is 0.950 bits per heavy atom. The molecule has 2 aliphatic heterocycles. The minimum Gasteiger partial charge on any atom is -0.341 e. The third-order valence-corrected chi connectivity index (χ3v) is 9.26. The Bertz CT molecular complexity index is 1480. The van der Waals surface area contributed by atoms with E-state index >= 15 is 0 Å². The van der Waals surface area contributed by atoms with Gasteiger partial charge in [-0.05, 0) is 67.8 Å². The molecular weight excluding hydrogens is 541 g/mol. The molecule has 0 aliphatic carbocycles. The Morgan fingerprint density at radius 3 is 2.48 bits per heavy atom. The molecule has 6 rings (SSSR count). The van der Waals surface area contributed by atoms with Gasteiger partial charge in [-0.1, -0.05) is 59.6 Å². The number of imidazole rings is 1. The first kappa shape index (κ1) is 27.1. The number of hydrogen-bond donors (Lipinski definition) is 0. The van der Waals surface area contributed by atoms with Crippen LogP contribution in [0.2, 0.25) is 10.0 Å². The second kappa shape index (κ2) is 11.8. The Balaban J connectivity index is 1.09. The molecule has 1 fully saturated rings. The van der Waals surface area contributed by atoms with Crippen molar-refractivity contribution in [3.05, 3.63) is 94.0 Å². The number of piperidine rings is 1. The highest BCUT2D eigenvalue weighted by atomic mass is 35.5. The van der Waals surface area contributed by atoms with Crippen LogP contribution in [0.1, 0.15) is 41.1 Å². The molecule has 40 heavy (non-hydrogen) atoms. The minimum atomic E-state index is 0.0307. The molecule has 0 bridgehead atoms. The zero-order chi connectivity index (χ0) is 27.6. The van der Waals surface area contributed by atoms with Crippen molar-refractivity contribution in [3.8, 4) is 0 Å². The number of hydrogen-bond acceptors (Lipinski definition) is 4. The Kier molecular flexibility index (Phi) is 8.01. The van der Waals surface area contributed by atoms with Gasteiger partial charge in [0, 0.05) is 57.3 Å². The second-order valence-corrected chi connectivity index (χ2v) is 11.8. The van der Waals surface area contributed by atoms with E-state index < -0.39 is 0 Å². The van der Waals surface area contributed by atoms with Gasteiger partial charge in [0.1, 0.15) is 0 Å². The molecule has 0 spiro atoms. The molecule has 3 aromatic carbocycles. The number of rotatable bonds is 8. The number of anilines is 1. The number of benzene rings is 3. The molecule has 0 saturated carbocycles. The Morgan fingerprint density at radius 2 is 1.70 bits per heavy atom. The monoisotopic (exact) mass is 575 g/mol. The summed E-state index contributed by atoms with van der Waals surface area (Å²) < 4.78 is 2.37. The molecule has 6 nitrogen and oxygen atoms in total. The summed E-state index contributed by atoms with van der Waals surface area (Å²) >= 11 is 12.6.